The Labute approximate surface area is 145 Å². The van der Waals surface area contributed by atoms with E-state index in [1.165, 1.54) is 12.5 Å². The number of hydrogen-bond acceptors (Lipinski definition) is 5. The Hall–Kier alpha value is -2.57. The van der Waals surface area contributed by atoms with Crippen LogP contribution in [0.3, 0.4) is 0 Å². The van der Waals surface area contributed by atoms with E-state index in [1.54, 1.807) is 23.3 Å². The van der Waals surface area contributed by atoms with Crippen molar-refractivity contribution in [3.05, 3.63) is 42.2 Å². The average Bonchev–Trinajstić information content (AvgIpc) is 3.11. The van der Waals surface area contributed by atoms with Gasteiger partial charge in [0.25, 0.3) is 0 Å². The number of halogens is 1. The van der Waals surface area contributed by atoms with Gasteiger partial charge in [-0.25, -0.2) is 14.2 Å². The summed E-state index contributed by atoms with van der Waals surface area (Å²) >= 11 is 0. The average molecular weight is 347 g/mol. The molecule has 1 heterocycles. The maximum absolute atomic E-state index is 14.1. The number of ether oxygens (including phenoxy) is 2. The van der Waals surface area contributed by atoms with E-state index >= 15 is 0 Å². The standard InChI is InChI=1S/C18H22FN3O3/c19-15-11-16(20)14(10-17(15)25-13-4-2-1-3-5-13)18(23)24-9-8-22-7-6-21-12-22/h6-7,10-13H,1-5,8-9,20H2. The first-order chi connectivity index (χ1) is 12.1. The van der Waals surface area contributed by atoms with Crippen LogP contribution in [0, 0.1) is 5.82 Å². The molecule has 1 fully saturated rings. The van der Waals surface area contributed by atoms with Crippen LogP contribution in [0.5, 0.6) is 5.75 Å². The molecule has 0 atom stereocenters. The van der Waals surface area contributed by atoms with Gasteiger partial charge in [0.15, 0.2) is 11.6 Å². The number of nitrogens with two attached hydrogens (primary N) is 1. The normalized spacial score (nSPS) is 15.1. The summed E-state index contributed by atoms with van der Waals surface area (Å²) < 4.78 is 26.9. The van der Waals surface area contributed by atoms with Crippen molar-refractivity contribution in [3.63, 3.8) is 0 Å². The third-order valence-corrected chi connectivity index (χ3v) is 4.31. The van der Waals surface area contributed by atoms with E-state index in [2.05, 4.69) is 4.98 Å². The highest BCUT2D eigenvalue weighted by Crippen LogP contribution is 2.29. The maximum atomic E-state index is 14.1. The molecule has 2 N–H and O–H groups in total. The highest BCUT2D eigenvalue weighted by molar-refractivity contribution is 5.95. The summed E-state index contributed by atoms with van der Waals surface area (Å²) in [6.07, 6.45) is 10.2. The van der Waals surface area contributed by atoms with Crippen LogP contribution in [-0.2, 0) is 11.3 Å². The zero-order valence-electron chi connectivity index (χ0n) is 14.0. The number of hydrogen-bond donors (Lipinski definition) is 1. The first kappa shape index (κ1) is 17.3. The smallest absolute Gasteiger partial charge is 0.340 e. The molecule has 0 aliphatic heterocycles. The number of rotatable bonds is 6. The summed E-state index contributed by atoms with van der Waals surface area (Å²) in [6, 6.07) is 2.46. The quantitative estimate of drug-likeness (QED) is 0.641. The van der Waals surface area contributed by atoms with Crippen molar-refractivity contribution in [2.24, 2.45) is 0 Å². The minimum Gasteiger partial charge on any atom is -0.487 e. The Morgan fingerprint density at radius 1 is 1.32 bits per heavy atom. The number of anilines is 1. The molecule has 2 aromatic rings. The second-order valence-corrected chi connectivity index (χ2v) is 6.18. The topological polar surface area (TPSA) is 79.4 Å². The Bertz CT molecular complexity index is 713. The lowest BCUT2D eigenvalue weighted by Crippen LogP contribution is -2.21. The van der Waals surface area contributed by atoms with Gasteiger partial charge in [0.1, 0.15) is 6.61 Å². The van der Waals surface area contributed by atoms with E-state index in [1.807, 2.05) is 0 Å². The molecule has 0 amide bonds. The van der Waals surface area contributed by atoms with Crippen LogP contribution in [0.2, 0.25) is 0 Å². The first-order valence-corrected chi connectivity index (χ1v) is 8.52. The van der Waals surface area contributed by atoms with E-state index in [0.717, 1.165) is 31.7 Å². The Kier molecular flexibility index (Phi) is 5.53. The molecule has 1 aliphatic carbocycles. The fourth-order valence-corrected chi connectivity index (χ4v) is 2.94. The molecule has 0 saturated heterocycles. The predicted molar refractivity (Wildman–Crippen MR) is 90.8 cm³/mol. The Morgan fingerprint density at radius 2 is 2.12 bits per heavy atom. The van der Waals surface area contributed by atoms with Gasteiger partial charge in [0, 0.05) is 24.1 Å². The lowest BCUT2D eigenvalue weighted by Gasteiger charge is -2.23. The van der Waals surface area contributed by atoms with E-state index in [0.29, 0.717) is 6.54 Å². The molecule has 25 heavy (non-hydrogen) atoms. The number of aromatic nitrogens is 2. The molecule has 7 heteroatoms. The lowest BCUT2D eigenvalue weighted by molar-refractivity contribution is 0.0491. The minimum atomic E-state index is -0.592. The largest absolute Gasteiger partial charge is 0.487 e. The monoisotopic (exact) mass is 347 g/mol. The van der Waals surface area contributed by atoms with Crippen molar-refractivity contribution < 1.29 is 18.7 Å². The van der Waals surface area contributed by atoms with Gasteiger partial charge in [-0.2, -0.15) is 0 Å². The molecule has 1 saturated carbocycles. The zero-order valence-corrected chi connectivity index (χ0v) is 14.0. The summed E-state index contributed by atoms with van der Waals surface area (Å²) in [4.78, 5) is 16.2. The van der Waals surface area contributed by atoms with Crippen LogP contribution < -0.4 is 10.5 Å². The van der Waals surface area contributed by atoms with E-state index in [4.69, 9.17) is 15.2 Å². The summed E-state index contributed by atoms with van der Waals surface area (Å²) in [5, 5.41) is 0. The summed E-state index contributed by atoms with van der Waals surface area (Å²) in [6.45, 7) is 0.656. The molecule has 0 radical (unpaired) electrons. The summed E-state index contributed by atoms with van der Waals surface area (Å²) in [5.41, 5.74) is 5.94. The fourth-order valence-electron chi connectivity index (χ4n) is 2.94. The Balaban J connectivity index is 1.64. The summed E-state index contributed by atoms with van der Waals surface area (Å²) in [5.74, 6) is -1.09. The van der Waals surface area contributed by atoms with E-state index < -0.39 is 11.8 Å². The first-order valence-electron chi connectivity index (χ1n) is 8.52. The van der Waals surface area contributed by atoms with Crippen molar-refractivity contribution in [2.45, 2.75) is 44.8 Å². The van der Waals surface area contributed by atoms with E-state index in [-0.39, 0.29) is 29.7 Å². The molecule has 1 aromatic carbocycles. The number of imidazole rings is 1. The molecule has 134 valence electrons. The van der Waals surface area contributed by atoms with Crippen LogP contribution in [0.4, 0.5) is 10.1 Å². The van der Waals surface area contributed by atoms with Crippen molar-refractivity contribution in [1.29, 1.82) is 0 Å². The van der Waals surface area contributed by atoms with Gasteiger partial charge in [-0.15, -0.1) is 0 Å². The van der Waals surface area contributed by atoms with Crippen LogP contribution in [0.25, 0.3) is 0 Å². The molecule has 1 aromatic heterocycles. The SMILES string of the molecule is Nc1cc(F)c(OC2CCCCC2)cc1C(=O)OCCn1ccnc1. The zero-order chi connectivity index (χ0) is 17.6. The molecular formula is C18H22FN3O3. The molecule has 6 nitrogen and oxygen atoms in total. The van der Waals surface area contributed by atoms with Gasteiger partial charge in [0.05, 0.1) is 24.5 Å². The van der Waals surface area contributed by atoms with Crippen molar-refractivity contribution in [1.82, 2.24) is 9.55 Å². The number of nitrogens with zero attached hydrogens (tertiary/aromatic N) is 2. The van der Waals surface area contributed by atoms with Crippen LogP contribution in [0.1, 0.15) is 42.5 Å². The highest BCUT2D eigenvalue weighted by atomic mass is 19.1. The third-order valence-electron chi connectivity index (χ3n) is 4.31. The predicted octanol–water partition coefficient (Wildman–Crippen LogP) is 3.17. The van der Waals surface area contributed by atoms with Gasteiger partial charge < -0.3 is 19.8 Å². The van der Waals surface area contributed by atoms with Gasteiger partial charge in [-0.1, -0.05) is 6.42 Å². The molecule has 0 spiro atoms. The molecular weight excluding hydrogens is 325 g/mol. The maximum Gasteiger partial charge on any atom is 0.340 e. The van der Waals surface area contributed by atoms with Crippen LogP contribution >= 0.6 is 0 Å². The minimum absolute atomic E-state index is 0.0167. The third kappa shape index (κ3) is 4.49. The van der Waals surface area contributed by atoms with Gasteiger partial charge >= 0.3 is 5.97 Å². The second kappa shape index (κ2) is 8.00. The number of carbonyl (C=O) groups excluding carboxylic acids is 1. The molecule has 0 unspecified atom stereocenters. The van der Waals surface area contributed by atoms with Gasteiger partial charge in [-0.3, -0.25) is 0 Å². The number of benzene rings is 1. The number of carbonyl (C=O) groups is 1. The van der Waals surface area contributed by atoms with E-state index in [9.17, 15) is 9.18 Å². The van der Waals surface area contributed by atoms with Crippen molar-refractivity contribution in [2.75, 3.05) is 12.3 Å². The summed E-state index contributed by atoms with van der Waals surface area (Å²) in [7, 11) is 0. The van der Waals surface area contributed by atoms with Crippen LogP contribution in [0.15, 0.2) is 30.9 Å². The van der Waals surface area contributed by atoms with Gasteiger partial charge in [-0.05, 0) is 31.7 Å². The number of nitrogen functional groups attached to an aromatic ring is 1. The van der Waals surface area contributed by atoms with Gasteiger partial charge in [0.2, 0.25) is 0 Å². The highest BCUT2D eigenvalue weighted by Gasteiger charge is 2.20. The molecule has 3 rings (SSSR count). The molecule has 1 aliphatic rings. The second-order valence-electron chi connectivity index (χ2n) is 6.18. The molecule has 0 bridgehead atoms. The van der Waals surface area contributed by atoms with Crippen molar-refractivity contribution in [3.8, 4) is 5.75 Å². The number of esters is 1. The van der Waals surface area contributed by atoms with Crippen LogP contribution in [-0.4, -0.2) is 28.2 Å². The Morgan fingerprint density at radius 3 is 2.84 bits per heavy atom. The fraction of sp³-hybridized carbons (Fsp3) is 0.444. The lowest BCUT2D eigenvalue weighted by atomic mass is 9.98. The van der Waals surface area contributed by atoms with Crippen molar-refractivity contribution >= 4 is 11.7 Å².